The smallest absolute Gasteiger partial charge is 0.268 e. The molecule has 0 aliphatic carbocycles. The van der Waals surface area contributed by atoms with Gasteiger partial charge < -0.3 is 14.5 Å². The van der Waals surface area contributed by atoms with E-state index in [9.17, 15) is 4.79 Å². The number of hydrogen-bond donors (Lipinski definition) is 1. The second-order valence-electron chi connectivity index (χ2n) is 3.61. The number of ether oxygens (including phenoxy) is 2. The minimum atomic E-state index is -0.230. The Bertz CT molecular complexity index is 625. The fourth-order valence-electron chi connectivity index (χ4n) is 1.40. The first-order valence-electron chi connectivity index (χ1n) is 5.17. The van der Waals surface area contributed by atoms with Gasteiger partial charge in [0, 0.05) is 0 Å². The van der Waals surface area contributed by atoms with E-state index in [1.807, 2.05) is 41.6 Å². The second kappa shape index (κ2) is 5.38. The number of methoxy groups -OCH3 is 1. The third-order valence-electron chi connectivity index (χ3n) is 2.29. The maximum atomic E-state index is 11.4. The van der Waals surface area contributed by atoms with E-state index in [1.54, 1.807) is 13.2 Å². The Morgan fingerprint density at radius 2 is 2.11 bits per heavy atom. The molecule has 1 N–H and O–H groups in total. The molecule has 1 aromatic carbocycles. The number of benzene rings is 1. The van der Waals surface area contributed by atoms with Gasteiger partial charge in [0.15, 0.2) is 11.5 Å². The summed E-state index contributed by atoms with van der Waals surface area (Å²) in [5, 5.41) is 0. The van der Waals surface area contributed by atoms with Crippen LogP contribution in [0.1, 0.15) is 5.56 Å². The Balaban J connectivity index is 2.40. The van der Waals surface area contributed by atoms with Gasteiger partial charge in [-0.15, -0.1) is 0 Å². The van der Waals surface area contributed by atoms with Gasteiger partial charge in [-0.1, -0.05) is 6.07 Å². The summed E-state index contributed by atoms with van der Waals surface area (Å²) in [6.45, 7) is 1.96. The summed E-state index contributed by atoms with van der Waals surface area (Å²) >= 11 is 1.89. The summed E-state index contributed by atoms with van der Waals surface area (Å²) in [6, 6.07) is 5.54. The topological polar surface area (TPSA) is 64.2 Å². The van der Waals surface area contributed by atoms with Gasteiger partial charge >= 0.3 is 0 Å². The predicted molar refractivity (Wildman–Crippen MR) is 75.4 cm³/mol. The quantitative estimate of drug-likeness (QED) is 0.857. The van der Waals surface area contributed by atoms with Crippen LogP contribution in [0.4, 0.5) is 0 Å². The summed E-state index contributed by atoms with van der Waals surface area (Å²) in [6.07, 6.45) is 1.31. The molecule has 0 unspecified atom stereocenters. The molecule has 0 spiro atoms. The molecule has 5 nitrogen and oxygen atoms in total. The highest BCUT2D eigenvalue weighted by Gasteiger charge is 2.11. The lowest BCUT2D eigenvalue weighted by atomic mass is 10.2. The molecule has 0 fully saturated rings. The van der Waals surface area contributed by atoms with Gasteiger partial charge in [-0.2, -0.15) is 0 Å². The van der Waals surface area contributed by atoms with Crippen molar-refractivity contribution in [1.82, 2.24) is 9.97 Å². The fourth-order valence-corrected chi connectivity index (χ4v) is 1.81. The van der Waals surface area contributed by atoms with Gasteiger partial charge in [0.25, 0.3) is 5.56 Å². The van der Waals surface area contributed by atoms with E-state index in [-0.39, 0.29) is 11.4 Å². The zero-order valence-corrected chi connectivity index (χ0v) is 12.0. The summed E-state index contributed by atoms with van der Waals surface area (Å²) < 4.78 is 11.2. The molecule has 94 valence electrons. The molecule has 6 heteroatoms. The second-order valence-corrected chi connectivity index (χ2v) is 4.69. The summed E-state index contributed by atoms with van der Waals surface area (Å²) in [5.74, 6) is 1.40. The van der Waals surface area contributed by atoms with Crippen LogP contribution >= 0.6 is 22.6 Å². The average molecular weight is 358 g/mol. The van der Waals surface area contributed by atoms with Gasteiger partial charge in [-0.05, 0) is 47.2 Å². The Morgan fingerprint density at radius 1 is 1.33 bits per heavy atom. The number of nitrogens with one attached hydrogen (secondary N) is 1. The highest BCUT2D eigenvalue weighted by molar-refractivity contribution is 14.1. The molecule has 0 radical (unpaired) electrons. The van der Waals surface area contributed by atoms with Crippen molar-refractivity contribution in [3.8, 4) is 17.4 Å². The van der Waals surface area contributed by atoms with Crippen LogP contribution in [0, 0.1) is 10.5 Å². The maximum absolute atomic E-state index is 11.4. The van der Waals surface area contributed by atoms with Crippen LogP contribution in [0.2, 0.25) is 0 Å². The van der Waals surface area contributed by atoms with Crippen LogP contribution in [0.3, 0.4) is 0 Å². The molecule has 1 heterocycles. The molecule has 2 aromatic rings. The maximum Gasteiger partial charge on any atom is 0.268 e. The zero-order valence-electron chi connectivity index (χ0n) is 9.86. The highest BCUT2D eigenvalue weighted by Crippen LogP contribution is 2.32. The van der Waals surface area contributed by atoms with Crippen LogP contribution in [0.15, 0.2) is 29.3 Å². The number of aromatic amines is 1. The Hall–Kier alpha value is -1.57. The third-order valence-corrected chi connectivity index (χ3v) is 3.24. The highest BCUT2D eigenvalue weighted by atomic mass is 127. The largest absolute Gasteiger partial charge is 0.493 e. The van der Waals surface area contributed by atoms with E-state index < -0.39 is 0 Å². The first-order valence-corrected chi connectivity index (χ1v) is 6.25. The lowest BCUT2D eigenvalue weighted by molar-refractivity contribution is 0.372. The predicted octanol–water partition coefficient (Wildman–Crippen LogP) is 2.48. The fraction of sp³-hybridized carbons (Fsp3) is 0.167. The number of hydrogen-bond acceptors (Lipinski definition) is 4. The first kappa shape index (κ1) is 12.9. The molecule has 1 aromatic heterocycles. The third kappa shape index (κ3) is 2.63. The molecular formula is C12H11IN2O3. The number of aromatic nitrogens is 2. The number of H-pyrrole nitrogens is 1. The average Bonchev–Trinajstić information content (AvgIpc) is 2.37. The van der Waals surface area contributed by atoms with E-state index in [0.717, 1.165) is 5.56 Å². The Morgan fingerprint density at radius 3 is 2.83 bits per heavy atom. The van der Waals surface area contributed by atoms with Crippen LogP contribution in [0.25, 0.3) is 0 Å². The van der Waals surface area contributed by atoms with Crippen LogP contribution in [-0.4, -0.2) is 17.1 Å². The number of rotatable bonds is 3. The monoisotopic (exact) mass is 358 g/mol. The van der Waals surface area contributed by atoms with E-state index in [4.69, 9.17) is 9.47 Å². The van der Waals surface area contributed by atoms with Crippen LogP contribution < -0.4 is 15.0 Å². The van der Waals surface area contributed by atoms with Crippen molar-refractivity contribution in [3.05, 3.63) is 44.0 Å². The molecule has 0 saturated heterocycles. The van der Waals surface area contributed by atoms with Gasteiger partial charge in [-0.25, -0.2) is 4.98 Å². The molecule has 2 rings (SSSR count). The van der Waals surface area contributed by atoms with Crippen molar-refractivity contribution in [1.29, 1.82) is 0 Å². The standard InChI is InChI=1S/C12H11IN2O3/c1-7-3-4-8(9(5-7)17-2)18-12-10(13)11(16)14-6-15-12/h3-6H,1-2H3,(H,14,15,16). The molecule has 0 bridgehead atoms. The molecule has 0 amide bonds. The molecule has 0 aliphatic heterocycles. The normalized spacial score (nSPS) is 10.2. The van der Waals surface area contributed by atoms with Crippen molar-refractivity contribution >= 4 is 22.6 Å². The number of aryl methyl sites for hydroxylation is 1. The number of halogens is 1. The van der Waals surface area contributed by atoms with Gasteiger partial charge in [0.05, 0.1) is 13.4 Å². The van der Waals surface area contributed by atoms with Crippen molar-refractivity contribution in [2.24, 2.45) is 0 Å². The summed E-state index contributed by atoms with van der Waals surface area (Å²) in [7, 11) is 1.57. The minimum Gasteiger partial charge on any atom is -0.493 e. The van der Waals surface area contributed by atoms with E-state index in [1.165, 1.54) is 6.33 Å². The van der Waals surface area contributed by atoms with Crippen LogP contribution in [0.5, 0.6) is 17.4 Å². The summed E-state index contributed by atoms with van der Waals surface area (Å²) in [4.78, 5) is 17.9. The van der Waals surface area contributed by atoms with Crippen LogP contribution in [-0.2, 0) is 0 Å². The minimum absolute atomic E-state index is 0.230. The van der Waals surface area contributed by atoms with Crippen molar-refractivity contribution in [2.45, 2.75) is 6.92 Å². The number of nitrogens with zero attached hydrogens (tertiary/aromatic N) is 1. The SMILES string of the molecule is COc1cc(C)ccc1Oc1nc[nH]c(=O)c1I. The van der Waals surface area contributed by atoms with Gasteiger partial charge in [0.1, 0.15) is 3.57 Å². The molecule has 18 heavy (non-hydrogen) atoms. The Kier molecular flexibility index (Phi) is 3.85. The molecular weight excluding hydrogens is 347 g/mol. The van der Waals surface area contributed by atoms with Crippen molar-refractivity contribution in [2.75, 3.05) is 7.11 Å². The molecule has 0 saturated carbocycles. The first-order chi connectivity index (χ1) is 8.61. The summed E-state index contributed by atoms with van der Waals surface area (Å²) in [5.41, 5.74) is 0.833. The Labute approximate surface area is 117 Å². The van der Waals surface area contributed by atoms with E-state index in [2.05, 4.69) is 9.97 Å². The van der Waals surface area contributed by atoms with E-state index >= 15 is 0 Å². The van der Waals surface area contributed by atoms with Gasteiger partial charge in [-0.3, -0.25) is 4.79 Å². The van der Waals surface area contributed by atoms with E-state index in [0.29, 0.717) is 15.1 Å². The van der Waals surface area contributed by atoms with Crippen molar-refractivity contribution < 1.29 is 9.47 Å². The zero-order chi connectivity index (χ0) is 13.1. The van der Waals surface area contributed by atoms with Crippen molar-refractivity contribution in [3.63, 3.8) is 0 Å². The van der Waals surface area contributed by atoms with Gasteiger partial charge in [0.2, 0.25) is 5.88 Å². The lowest BCUT2D eigenvalue weighted by Crippen LogP contribution is -2.11. The molecule has 0 aliphatic rings. The molecule has 0 atom stereocenters. The lowest BCUT2D eigenvalue weighted by Gasteiger charge is -2.10.